The Bertz CT molecular complexity index is 660. The summed E-state index contributed by atoms with van der Waals surface area (Å²) in [6.45, 7) is 3.78. The molecule has 0 aliphatic carbocycles. The molecule has 8 heteroatoms. The van der Waals surface area contributed by atoms with E-state index in [1.807, 2.05) is 6.92 Å². The van der Waals surface area contributed by atoms with Crippen molar-refractivity contribution in [3.05, 3.63) is 23.0 Å². The molecule has 7 nitrogen and oxygen atoms in total. The maximum atomic E-state index is 11.8. The van der Waals surface area contributed by atoms with E-state index in [4.69, 9.17) is 10.5 Å². The van der Waals surface area contributed by atoms with Gasteiger partial charge in [-0.3, -0.25) is 0 Å². The molecule has 0 bridgehead atoms. The van der Waals surface area contributed by atoms with Crippen LogP contribution in [0.3, 0.4) is 0 Å². The van der Waals surface area contributed by atoms with E-state index in [9.17, 15) is 13.2 Å². The number of nitrogen functional groups attached to an aromatic ring is 1. The fraction of sp³-hybridized carbons (Fsp3) is 0.500. The first-order chi connectivity index (χ1) is 9.39. The van der Waals surface area contributed by atoms with Crippen LogP contribution in [0.15, 0.2) is 11.5 Å². The average Bonchev–Trinajstić information content (AvgIpc) is 2.89. The molecule has 1 aromatic rings. The van der Waals surface area contributed by atoms with Crippen LogP contribution in [0.2, 0.25) is 0 Å². The van der Waals surface area contributed by atoms with Gasteiger partial charge >= 0.3 is 5.97 Å². The average molecular weight is 299 g/mol. The molecule has 0 amide bonds. The summed E-state index contributed by atoms with van der Waals surface area (Å²) in [5, 5.41) is 1.17. The number of carbonyl (C=O) groups is 1. The summed E-state index contributed by atoms with van der Waals surface area (Å²) in [5.74, 6) is 0.0515. The Morgan fingerprint density at radius 3 is 2.75 bits per heavy atom. The van der Waals surface area contributed by atoms with E-state index >= 15 is 0 Å². The summed E-state index contributed by atoms with van der Waals surface area (Å²) in [7, 11) is -3.21. The lowest BCUT2D eigenvalue weighted by atomic mass is 10.3. The number of aryl methyl sites for hydroxylation is 1. The molecule has 110 valence electrons. The van der Waals surface area contributed by atoms with Crippen molar-refractivity contribution in [1.82, 2.24) is 9.55 Å². The van der Waals surface area contributed by atoms with E-state index in [-0.39, 0.29) is 23.9 Å². The summed E-state index contributed by atoms with van der Waals surface area (Å²) in [6, 6.07) is -0.425. The van der Waals surface area contributed by atoms with E-state index in [1.54, 1.807) is 17.6 Å². The second-order valence-corrected chi connectivity index (χ2v) is 6.36. The third-order valence-electron chi connectivity index (χ3n) is 3.05. The standard InChI is InChI=1S/C12H17N3O4S/c1-3-9-14-10(12(16)19-4-2)11(13)15(9)8-5-6-20(17,18)7-8/h5-6,8H,3-4,7,13H2,1-2H3. The minimum atomic E-state index is -3.21. The largest absolute Gasteiger partial charge is 0.461 e. The predicted octanol–water partition coefficient (Wildman–Crippen LogP) is 0.688. The Morgan fingerprint density at radius 1 is 1.55 bits per heavy atom. The minimum Gasteiger partial charge on any atom is -0.461 e. The number of aromatic nitrogens is 2. The molecular weight excluding hydrogens is 282 g/mol. The Kier molecular flexibility index (Phi) is 3.85. The highest BCUT2D eigenvalue weighted by molar-refractivity contribution is 7.94. The Morgan fingerprint density at radius 2 is 2.25 bits per heavy atom. The number of hydrogen-bond acceptors (Lipinski definition) is 6. The molecule has 2 heterocycles. The molecule has 1 aliphatic rings. The Hall–Kier alpha value is -1.83. The molecule has 2 rings (SSSR count). The van der Waals surface area contributed by atoms with Crippen LogP contribution < -0.4 is 5.73 Å². The molecule has 0 saturated carbocycles. The van der Waals surface area contributed by atoms with Gasteiger partial charge in [0.25, 0.3) is 0 Å². The van der Waals surface area contributed by atoms with Gasteiger partial charge in [0.05, 0.1) is 18.4 Å². The molecule has 0 aromatic carbocycles. The second kappa shape index (κ2) is 5.28. The maximum Gasteiger partial charge on any atom is 0.360 e. The van der Waals surface area contributed by atoms with Crippen LogP contribution in [0.1, 0.15) is 36.2 Å². The molecule has 2 N–H and O–H groups in total. The highest BCUT2D eigenvalue weighted by Gasteiger charge is 2.29. The molecule has 20 heavy (non-hydrogen) atoms. The first-order valence-corrected chi connectivity index (χ1v) is 8.05. The zero-order chi connectivity index (χ0) is 14.9. The number of nitrogens with two attached hydrogens (primary N) is 1. The van der Waals surface area contributed by atoms with Crippen LogP contribution in [-0.4, -0.2) is 36.3 Å². The molecule has 1 atom stereocenters. The second-order valence-electron chi connectivity index (χ2n) is 4.43. The number of anilines is 1. The van der Waals surface area contributed by atoms with Gasteiger partial charge in [0, 0.05) is 11.8 Å². The smallest absolute Gasteiger partial charge is 0.360 e. The summed E-state index contributed by atoms with van der Waals surface area (Å²) >= 11 is 0. The lowest BCUT2D eigenvalue weighted by molar-refractivity contribution is 0.0521. The number of hydrogen-bond donors (Lipinski definition) is 1. The SMILES string of the molecule is CCOC(=O)c1nc(CC)n(C2C=CS(=O)(=O)C2)c1N. The quantitative estimate of drug-likeness (QED) is 0.820. The molecule has 0 saturated heterocycles. The number of rotatable bonds is 4. The van der Waals surface area contributed by atoms with E-state index in [2.05, 4.69) is 4.98 Å². The van der Waals surface area contributed by atoms with Gasteiger partial charge in [-0.2, -0.15) is 0 Å². The molecule has 1 aromatic heterocycles. The summed E-state index contributed by atoms with van der Waals surface area (Å²) in [4.78, 5) is 15.9. The number of esters is 1. The van der Waals surface area contributed by atoms with E-state index < -0.39 is 21.8 Å². The fourth-order valence-electron chi connectivity index (χ4n) is 2.18. The van der Waals surface area contributed by atoms with Gasteiger partial charge in [-0.25, -0.2) is 18.2 Å². The lowest BCUT2D eigenvalue weighted by Gasteiger charge is -2.14. The van der Waals surface area contributed by atoms with E-state index in [0.29, 0.717) is 12.2 Å². The topological polar surface area (TPSA) is 104 Å². The maximum absolute atomic E-state index is 11.8. The van der Waals surface area contributed by atoms with Gasteiger partial charge in [-0.05, 0) is 13.0 Å². The number of carbonyl (C=O) groups excluding carboxylic acids is 1. The molecule has 0 radical (unpaired) electrons. The zero-order valence-electron chi connectivity index (χ0n) is 11.4. The van der Waals surface area contributed by atoms with Gasteiger partial charge in [0.2, 0.25) is 0 Å². The van der Waals surface area contributed by atoms with Crippen LogP contribution in [0.5, 0.6) is 0 Å². The fourth-order valence-corrected chi connectivity index (χ4v) is 3.45. The van der Waals surface area contributed by atoms with Crippen LogP contribution >= 0.6 is 0 Å². The highest BCUT2D eigenvalue weighted by atomic mass is 32.2. The van der Waals surface area contributed by atoms with Crippen molar-refractivity contribution in [2.45, 2.75) is 26.3 Å². The molecule has 0 fully saturated rings. The normalized spacial score (nSPS) is 20.2. The number of nitrogens with zero attached hydrogens (tertiary/aromatic N) is 2. The van der Waals surface area contributed by atoms with Crippen molar-refractivity contribution in [1.29, 1.82) is 0 Å². The minimum absolute atomic E-state index is 0.0430. The summed E-state index contributed by atoms with van der Waals surface area (Å²) in [5.41, 5.74) is 5.99. The molecule has 1 aliphatic heterocycles. The van der Waals surface area contributed by atoms with Crippen LogP contribution in [0, 0.1) is 0 Å². The van der Waals surface area contributed by atoms with Gasteiger partial charge < -0.3 is 15.0 Å². The Balaban J connectivity index is 2.43. The molecule has 1 unspecified atom stereocenters. The number of imidazole rings is 1. The van der Waals surface area contributed by atoms with Crippen molar-refractivity contribution in [3.8, 4) is 0 Å². The molecular formula is C12H17N3O4S. The van der Waals surface area contributed by atoms with Crippen LogP contribution in [0.25, 0.3) is 0 Å². The first kappa shape index (κ1) is 14.6. The number of allylic oxidation sites excluding steroid dienone is 1. The number of sulfone groups is 1. The number of ether oxygens (including phenoxy) is 1. The van der Waals surface area contributed by atoms with Crippen molar-refractivity contribution in [3.63, 3.8) is 0 Å². The lowest BCUT2D eigenvalue weighted by Crippen LogP contribution is -2.17. The van der Waals surface area contributed by atoms with Crippen molar-refractivity contribution < 1.29 is 17.9 Å². The van der Waals surface area contributed by atoms with Crippen molar-refractivity contribution in [2.24, 2.45) is 0 Å². The zero-order valence-corrected chi connectivity index (χ0v) is 12.2. The van der Waals surface area contributed by atoms with E-state index in [1.165, 1.54) is 5.41 Å². The van der Waals surface area contributed by atoms with Gasteiger partial charge in [-0.1, -0.05) is 6.92 Å². The first-order valence-electron chi connectivity index (χ1n) is 6.34. The van der Waals surface area contributed by atoms with Gasteiger partial charge in [0.1, 0.15) is 11.6 Å². The molecule has 0 spiro atoms. The van der Waals surface area contributed by atoms with Crippen molar-refractivity contribution >= 4 is 21.6 Å². The van der Waals surface area contributed by atoms with Gasteiger partial charge in [0.15, 0.2) is 15.5 Å². The van der Waals surface area contributed by atoms with Gasteiger partial charge in [-0.15, -0.1) is 0 Å². The summed E-state index contributed by atoms with van der Waals surface area (Å²) < 4.78 is 29.5. The van der Waals surface area contributed by atoms with Crippen LogP contribution in [0.4, 0.5) is 5.82 Å². The monoisotopic (exact) mass is 299 g/mol. The summed E-state index contributed by atoms with van der Waals surface area (Å²) in [6.07, 6.45) is 2.09. The predicted molar refractivity (Wildman–Crippen MR) is 73.9 cm³/mol. The Labute approximate surface area is 117 Å². The van der Waals surface area contributed by atoms with Crippen LogP contribution in [-0.2, 0) is 21.0 Å². The van der Waals surface area contributed by atoms with E-state index in [0.717, 1.165) is 0 Å². The third-order valence-corrected chi connectivity index (χ3v) is 4.43. The third kappa shape index (κ3) is 2.55. The highest BCUT2D eigenvalue weighted by Crippen LogP contribution is 2.27. The van der Waals surface area contributed by atoms with Crippen molar-refractivity contribution in [2.75, 3.05) is 18.1 Å².